The van der Waals surface area contributed by atoms with E-state index in [1.807, 2.05) is 24.3 Å². The Balaban J connectivity index is 1.49. The van der Waals surface area contributed by atoms with Gasteiger partial charge in [-0.3, -0.25) is 4.79 Å². The molecule has 1 atom stereocenters. The normalized spacial score (nSPS) is 26.8. The zero-order chi connectivity index (χ0) is 18.0. The van der Waals surface area contributed by atoms with Crippen molar-refractivity contribution >= 4 is 17.5 Å². The monoisotopic (exact) mass is 376 g/mol. The van der Waals surface area contributed by atoms with Crippen molar-refractivity contribution in [1.82, 2.24) is 10.2 Å². The molecule has 0 saturated carbocycles. The second-order valence-electron chi connectivity index (χ2n) is 8.08. The molecule has 1 amide bonds. The lowest BCUT2D eigenvalue weighted by molar-refractivity contribution is -0.143. The van der Waals surface area contributed by atoms with Gasteiger partial charge in [0.2, 0.25) is 5.91 Å². The van der Waals surface area contributed by atoms with E-state index in [1.54, 1.807) is 0 Å². The molecular formula is C21H29ClN2O2. The summed E-state index contributed by atoms with van der Waals surface area (Å²) in [5.74, 6) is 1.88. The van der Waals surface area contributed by atoms with Crippen LogP contribution in [0.4, 0.5) is 0 Å². The van der Waals surface area contributed by atoms with Gasteiger partial charge >= 0.3 is 0 Å². The molecule has 3 saturated heterocycles. The number of hydrogen-bond acceptors (Lipinski definition) is 3. The fourth-order valence-electron chi connectivity index (χ4n) is 5.07. The van der Waals surface area contributed by atoms with Gasteiger partial charge in [-0.05, 0) is 74.7 Å². The molecule has 1 aromatic rings. The molecule has 1 N–H and O–H groups in total. The molecule has 3 aliphatic rings. The number of piperidine rings is 1. The van der Waals surface area contributed by atoms with Gasteiger partial charge in [-0.15, -0.1) is 0 Å². The van der Waals surface area contributed by atoms with Crippen LogP contribution in [0.1, 0.15) is 37.7 Å². The minimum absolute atomic E-state index is 0.297. The van der Waals surface area contributed by atoms with Crippen molar-refractivity contribution in [2.75, 3.05) is 39.4 Å². The predicted octanol–water partition coefficient (Wildman–Crippen LogP) is 3.24. The summed E-state index contributed by atoms with van der Waals surface area (Å²) in [5.41, 5.74) is 0.655. The Labute approximate surface area is 161 Å². The first-order chi connectivity index (χ1) is 12.7. The number of benzene rings is 1. The molecule has 5 heteroatoms. The third kappa shape index (κ3) is 3.51. The first kappa shape index (κ1) is 18.3. The van der Waals surface area contributed by atoms with Crippen LogP contribution in [0.3, 0.4) is 0 Å². The number of rotatable bonds is 3. The van der Waals surface area contributed by atoms with Crippen molar-refractivity contribution in [3.63, 3.8) is 0 Å². The summed E-state index contributed by atoms with van der Waals surface area (Å²) in [6.45, 7) is 5.41. The van der Waals surface area contributed by atoms with E-state index in [9.17, 15) is 4.79 Å². The molecule has 26 heavy (non-hydrogen) atoms. The number of carbonyl (C=O) groups is 1. The van der Waals surface area contributed by atoms with Crippen LogP contribution in [-0.2, 0) is 14.9 Å². The first-order valence-corrected chi connectivity index (χ1v) is 10.4. The highest BCUT2D eigenvalue weighted by molar-refractivity contribution is 6.30. The summed E-state index contributed by atoms with van der Waals surface area (Å²) in [6, 6.07) is 7.87. The van der Waals surface area contributed by atoms with E-state index in [2.05, 4.69) is 10.2 Å². The molecule has 1 unspecified atom stereocenters. The zero-order valence-electron chi connectivity index (χ0n) is 15.4. The molecule has 0 spiro atoms. The molecule has 142 valence electrons. The maximum absolute atomic E-state index is 13.6. The fourth-order valence-corrected chi connectivity index (χ4v) is 5.20. The lowest BCUT2D eigenvalue weighted by Gasteiger charge is -2.43. The van der Waals surface area contributed by atoms with Crippen molar-refractivity contribution < 1.29 is 9.53 Å². The van der Waals surface area contributed by atoms with Gasteiger partial charge < -0.3 is 15.0 Å². The summed E-state index contributed by atoms with van der Waals surface area (Å²) in [7, 11) is 0. The fraction of sp³-hybridized carbons (Fsp3) is 0.667. The summed E-state index contributed by atoms with van der Waals surface area (Å²) >= 11 is 6.08. The Bertz CT molecular complexity index is 613. The van der Waals surface area contributed by atoms with Gasteiger partial charge in [0.05, 0.1) is 5.41 Å². The van der Waals surface area contributed by atoms with E-state index in [4.69, 9.17) is 16.3 Å². The van der Waals surface area contributed by atoms with Gasteiger partial charge in [0.25, 0.3) is 0 Å². The van der Waals surface area contributed by atoms with Crippen molar-refractivity contribution in [3.05, 3.63) is 34.9 Å². The molecular weight excluding hydrogens is 348 g/mol. The minimum Gasteiger partial charge on any atom is -0.381 e. The minimum atomic E-state index is -0.440. The van der Waals surface area contributed by atoms with Crippen LogP contribution in [0.25, 0.3) is 0 Å². The second-order valence-corrected chi connectivity index (χ2v) is 8.52. The van der Waals surface area contributed by atoms with Gasteiger partial charge in [0.1, 0.15) is 0 Å². The number of likely N-dealkylation sites (tertiary alicyclic amines) is 1. The van der Waals surface area contributed by atoms with Crippen LogP contribution in [-0.4, -0.2) is 50.2 Å². The molecule has 3 heterocycles. The highest BCUT2D eigenvalue weighted by Gasteiger charge is 2.45. The van der Waals surface area contributed by atoms with E-state index >= 15 is 0 Å². The molecule has 1 aromatic carbocycles. The van der Waals surface area contributed by atoms with Gasteiger partial charge in [-0.25, -0.2) is 0 Å². The Morgan fingerprint density at radius 2 is 1.77 bits per heavy atom. The highest BCUT2D eigenvalue weighted by Crippen LogP contribution is 2.39. The summed E-state index contributed by atoms with van der Waals surface area (Å²) in [6.07, 6.45) is 5.11. The third-order valence-corrected chi connectivity index (χ3v) is 7.00. The first-order valence-electron chi connectivity index (χ1n) is 10.0. The van der Waals surface area contributed by atoms with Gasteiger partial charge in [0.15, 0.2) is 0 Å². The molecule has 4 nitrogen and oxygen atoms in total. The largest absolute Gasteiger partial charge is 0.381 e. The Kier molecular flexibility index (Phi) is 5.53. The lowest BCUT2D eigenvalue weighted by atomic mass is 9.72. The molecule has 0 bridgehead atoms. The summed E-state index contributed by atoms with van der Waals surface area (Å²) in [5, 5.41) is 4.20. The highest BCUT2D eigenvalue weighted by atomic mass is 35.5. The van der Waals surface area contributed by atoms with Gasteiger partial charge in [0, 0.05) is 31.3 Å². The van der Waals surface area contributed by atoms with Crippen molar-refractivity contribution in [1.29, 1.82) is 0 Å². The average Bonchev–Trinajstić information content (AvgIpc) is 3.23. The van der Waals surface area contributed by atoms with E-state index in [1.165, 1.54) is 6.42 Å². The molecule has 0 radical (unpaired) electrons. The van der Waals surface area contributed by atoms with Gasteiger partial charge in [-0.1, -0.05) is 23.7 Å². The molecule has 3 fully saturated rings. The number of nitrogens with zero attached hydrogens (tertiary/aromatic N) is 1. The van der Waals surface area contributed by atoms with E-state index in [0.29, 0.717) is 19.1 Å². The maximum atomic E-state index is 13.6. The number of amides is 1. The molecule has 0 aromatic heterocycles. The van der Waals surface area contributed by atoms with Crippen molar-refractivity contribution in [3.8, 4) is 0 Å². The summed E-state index contributed by atoms with van der Waals surface area (Å²) < 4.78 is 5.59. The molecule has 0 aliphatic carbocycles. The van der Waals surface area contributed by atoms with Crippen LogP contribution in [0.15, 0.2) is 24.3 Å². The van der Waals surface area contributed by atoms with Crippen molar-refractivity contribution in [2.45, 2.75) is 37.5 Å². The van der Waals surface area contributed by atoms with E-state index in [0.717, 1.165) is 74.3 Å². The number of ether oxygens (including phenoxy) is 1. The Morgan fingerprint density at radius 3 is 2.38 bits per heavy atom. The third-order valence-electron chi connectivity index (χ3n) is 6.74. The van der Waals surface area contributed by atoms with Crippen LogP contribution in [0, 0.1) is 11.8 Å². The quantitative estimate of drug-likeness (QED) is 0.880. The van der Waals surface area contributed by atoms with Crippen molar-refractivity contribution in [2.24, 2.45) is 11.8 Å². The smallest absolute Gasteiger partial charge is 0.233 e. The SMILES string of the molecule is O=C(N1CCC(C2CCNC2)CC1)C1(c2ccc(Cl)cc2)CCOCC1. The number of hydrogen-bond donors (Lipinski definition) is 1. The Morgan fingerprint density at radius 1 is 1.08 bits per heavy atom. The zero-order valence-corrected chi connectivity index (χ0v) is 16.1. The maximum Gasteiger partial charge on any atom is 0.233 e. The lowest BCUT2D eigenvalue weighted by Crippen LogP contribution is -2.52. The number of nitrogens with one attached hydrogen (secondary N) is 1. The van der Waals surface area contributed by atoms with Crippen LogP contribution in [0.2, 0.25) is 5.02 Å². The summed E-state index contributed by atoms with van der Waals surface area (Å²) in [4.78, 5) is 15.7. The second kappa shape index (κ2) is 7.87. The predicted molar refractivity (Wildman–Crippen MR) is 103 cm³/mol. The van der Waals surface area contributed by atoms with Crippen LogP contribution in [0.5, 0.6) is 0 Å². The topological polar surface area (TPSA) is 41.6 Å². The van der Waals surface area contributed by atoms with E-state index in [-0.39, 0.29) is 0 Å². The van der Waals surface area contributed by atoms with Gasteiger partial charge in [-0.2, -0.15) is 0 Å². The van der Waals surface area contributed by atoms with Crippen LogP contribution < -0.4 is 5.32 Å². The average molecular weight is 377 g/mol. The standard InChI is InChI=1S/C21H29ClN2O2/c22-19-3-1-18(2-4-19)21(8-13-26-14-9-21)20(25)24-11-6-16(7-12-24)17-5-10-23-15-17/h1-4,16-17,23H,5-15H2. The van der Waals surface area contributed by atoms with E-state index < -0.39 is 5.41 Å². The number of carbonyl (C=O) groups excluding carboxylic acids is 1. The molecule has 4 rings (SSSR count). The van der Waals surface area contributed by atoms with Crippen LogP contribution >= 0.6 is 11.6 Å². The number of halogens is 1. The molecule has 3 aliphatic heterocycles. The Hall–Kier alpha value is -1.10.